The molecule has 20 heavy (non-hydrogen) atoms. The molecule has 0 radical (unpaired) electrons. The lowest BCUT2D eigenvalue weighted by molar-refractivity contribution is 0.557. The fourth-order valence-corrected chi connectivity index (χ4v) is 3.79. The minimum Gasteiger partial charge on any atom is -0.363 e. The molecule has 0 amide bonds. The Morgan fingerprint density at radius 1 is 1.50 bits per heavy atom. The van der Waals surface area contributed by atoms with E-state index in [2.05, 4.69) is 15.0 Å². The van der Waals surface area contributed by atoms with Crippen LogP contribution in [-0.2, 0) is 16.6 Å². The Morgan fingerprint density at radius 3 is 2.90 bits per heavy atom. The summed E-state index contributed by atoms with van der Waals surface area (Å²) in [5.74, 6) is 0.952. The summed E-state index contributed by atoms with van der Waals surface area (Å²) in [4.78, 5) is 3.35. The molecule has 3 N–H and O–H groups in total. The molecule has 1 aromatic heterocycles. The van der Waals surface area contributed by atoms with E-state index in [1.807, 2.05) is 13.2 Å². The lowest BCUT2D eigenvalue weighted by Crippen LogP contribution is -2.32. The number of hydrogen-bond acceptors (Lipinski definition) is 4. The van der Waals surface area contributed by atoms with Gasteiger partial charge in [-0.3, -0.25) is 0 Å². The van der Waals surface area contributed by atoms with E-state index >= 15 is 0 Å². The molecule has 0 aromatic carbocycles. The van der Waals surface area contributed by atoms with Crippen molar-refractivity contribution < 1.29 is 8.42 Å². The van der Waals surface area contributed by atoms with Crippen molar-refractivity contribution in [2.45, 2.75) is 49.7 Å². The second-order valence-electron chi connectivity index (χ2n) is 5.32. The maximum absolute atomic E-state index is 12.2. The quantitative estimate of drug-likeness (QED) is 0.648. The Balaban J connectivity index is 1.90. The minimum absolute atomic E-state index is 0.0459. The van der Waals surface area contributed by atoms with Crippen LogP contribution in [-0.4, -0.2) is 37.5 Å². The third kappa shape index (κ3) is 4.80. The molecule has 114 valence electrons. The highest BCUT2D eigenvalue weighted by Gasteiger charge is 2.22. The number of nitrogens with one attached hydrogen (secondary N) is 3. The maximum atomic E-state index is 12.2. The molecule has 0 bridgehead atoms. The Hall–Kier alpha value is -0.500. The van der Waals surface area contributed by atoms with Crippen LogP contribution in [0.3, 0.4) is 0 Å². The highest BCUT2D eigenvalue weighted by molar-refractivity contribution is 7.98. The van der Waals surface area contributed by atoms with Crippen molar-refractivity contribution >= 4 is 21.8 Å². The third-order valence-corrected chi connectivity index (χ3v) is 5.51. The van der Waals surface area contributed by atoms with Crippen LogP contribution in [0.1, 0.15) is 31.9 Å². The van der Waals surface area contributed by atoms with Crippen molar-refractivity contribution in [3.05, 3.63) is 18.0 Å². The lowest BCUT2D eigenvalue weighted by atomic mass is 10.3. The van der Waals surface area contributed by atoms with E-state index in [1.165, 1.54) is 12.8 Å². The molecule has 5 nitrogen and oxygen atoms in total. The van der Waals surface area contributed by atoms with E-state index in [9.17, 15) is 8.42 Å². The predicted octanol–water partition coefficient (Wildman–Crippen LogP) is 1.69. The van der Waals surface area contributed by atoms with Gasteiger partial charge in [0.15, 0.2) is 0 Å². The van der Waals surface area contributed by atoms with Crippen LogP contribution in [0.2, 0.25) is 0 Å². The van der Waals surface area contributed by atoms with Crippen LogP contribution in [0.15, 0.2) is 17.2 Å². The number of H-pyrrole nitrogens is 1. The Bertz CT molecular complexity index is 523. The molecule has 1 aromatic rings. The SMILES string of the molecule is CSCCC(C)NS(=O)(=O)c1c[nH]c(CNC2CC2)c1. The summed E-state index contributed by atoms with van der Waals surface area (Å²) in [5.41, 5.74) is 0.911. The number of thioether (sulfide) groups is 1. The van der Waals surface area contributed by atoms with Gasteiger partial charge in [0.25, 0.3) is 0 Å². The number of sulfonamides is 1. The van der Waals surface area contributed by atoms with Gasteiger partial charge in [0.1, 0.15) is 0 Å². The molecule has 1 saturated carbocycles. The first-order valence-electron chi connectivity index (χ1n) is 6.93. The van der Waals surface area contributed by atoms with Crippen molar-refractivity contribution in [1.29, 1.82) is 0 Å². The van der Waals surface area contributed by atoms with Gasteiger partial charge < -0.3 is 10.3 Å². The first-order valence-corrected chi connectivity index (χ1v) is 9.81. The van der Waals surface area contributed by atoms with E-state index < -0.39 is 10.0 Å². The van der Waals surface area contributed by atoms with E-state index in [-0.39, 0.29) is 6.04 Å². The molecular formula is C13H23N3O2S2. The zero-order valence-corrected chi connectivity index (χ0v) is 13.6. The first kappa shape index (κ1) is 15.9. The van der Waals surface area contributed by atoms with Crippen molar-refractivity contribution in [3.63, 3.8) is 0 Å². The molecular weight excluding hydrogens is 294 g/mol. The van der Waals surface area contributed by atoms with Gasteiger partial charge in [0.2, 0.25) is 10.0 Å². The average Bonchev–Trinajstić information content (AvgIpc) is 3.09. The standard InChI is InChI=1S/C13H23N3O2S2/c1-10(5-6-19-2)16-20(17,18)13-7-12(15-9-13)8-14-11-3-4-11/h7,9-11,14-16H,3-6,8H2,1-2H3. The molecule has 1 atom stereocenters. The molecule has 1 heterocycles. The first-order chi connectivity index (χ1) is 9.51. The monoisotopic (exact) mass is 317 g/mol. The fraction of sp³-hybridized carbons (Fsp3) is 0.692. The van der Waals surface area contributed by atoms with Crippen molar-refractivity contribution in [3.8, 4) is 0 Å². The summed E-state index contributed by atoms with van der Waals surface area (Å²) in [6.07, 6.45) is 6.86. The van der Waals surface area contributed by atoms with E-state index in [1.54, 1.807) is 24.0 Å². The smallest absolute Gasteiger partial charge is 0.242 e. The predicted molar refractivity (Wildman–Crippen MR) is 83.4 cm³/mol. The van der Waals surface area contributed by atoms with Gasteiger partial charge in [-0.15, -0.1) is 0 Å². The van der Waals surface area contributed by atoms with Crippen LogP contribution in [0.4, 0.5) is 0 Å². The van der Waals surface area contributed by atoms with Gasteiger partial charge in [-0.25, -0.2) is 13.1 Å². The fourth-order valence-electron chi connectivity index (χ4n) is 1.90. The Morgan fingerprint density at radius 2 is 2.25 bits per heavy atom. The Kier molecular flexibility index (Phi) is 5.54. The molecule has 0 spiro atoms. The molecule has 1 aliphatic rings. The maximum Gasteiger partial charge on any atom is 0.242 e. The van der Waals surface area contributed by atoms with E-state index in [0.29, 0.717) is 17.5 Å². The second-order valence-corrected chi connectivity index (χ2v) is 8.02. The molecule has 1 unspecified atom stereocenters. The highest BCUT2D eigenvalue weighted by Crippen LogP contribution is 2.19. The van der Waals surface area contributed by atoms with Crippen LogP contribution in [0, 0.1) is 0 Å². The lowest BCUT2D eigenvalue weighted by Gasteiger charge is -2.12. The Labute approximate surface area is 125 Å². The van der Waals surface area contributed by atoms with E-state index in [0.717, 1.165) is 17.9 Å². The van der Waals surface area contributed by atoms with Gasteiger partial charge in [-0.2, -0.15) is 11.8 Å². The number of rotatable bonds is 9. The zero-order chi connectivity index (χ0) is 14.6. The number of aromatic nitrogens is 1. The summed E-state index contributed by atoms with van der Waals surface area (Å²) in [7, 11) is -3.41. The van der Waals surface area contributed by atoms with Crippen molar-refractivity contribution in [2.24, 2.45) is 0 Å². The van der Waals surface area contributed by atoms with Gasteiger partial charge in [0, 0.05) is 30.5 Å². The average molecular weight is 317 g/mol. The molecule has 2 rings (SSSR count). The molecule has 7 heteroatoms. The topological polar surface area (TPSA) is 74.0 Å². The highest BCUT2D eigenvalue weighted by atomic mass is 32.2. The van der Waals surface area contributed by atoms with Crippen LogP contribution in [0.5, 0.6) is 0 Å². The number of hydrogen-bond donors (Lipinski definition) is 3. The largest absolute Gasteiger partial charge is 0.363 e. The third-order valence-electron chi connectivity index (χ3n) is 3.30. The molecule has 0 saturated heterocycles. The second kappa shape index (κ2) is 6.98. The van der Waals surface area contributed by atoms with Gasteiger partial charge in [0.05, 0.1) is 4.90 Å². The molecule has 1 fully saturated rings. The van der Waals surface area contributed by atoms with Gasteiger partial charge in [-0.05, 0) is 44.3 Å². The summed E-state index contributed by atoms with van der Waals surface area (Å²) in [6.45, 7) is 2.60. The van der Waals surface area contributed by atoms with Gasteiger partial charge >= 0.3 is 0 Å². The number of aromatic amines is 1. The van der Waals surface area contributed by atoms with Crippen LogP contribution in [0.25, 0.3) is 0 Å². The summed E-state index contributed by atoms with van der Waals surface area (Å²) >= 11 is 1.72. The molecule has 0 aliphatic heterocycles. The van der Waals surface area contributed by atoms with Crippen LogP contribution < -0.4 is 10.0 Å². The zero-order valence-electron chi connectivity index (χ0n) is 12.0. The van der Waals surface area contributed by atoms with Crippen molar-refractivity contribution in [1.82, 2.24) is 15.0 Å². The van der Waals surface area contributed by atoms with E-state index in [4.69, 9.17) is 0 Å². The summed E-state index contributed by atoms with van der Waals surface area (Å²) in [6, 6.07) is 2.28. The summed E-state index contributed by atoms with van der Waals surface area (Å²) in [5, 5.41) is 3.36. The van der Waals surface area contributed by atoms with Crippen molar-refractivity contribution in [2.75, 3.05) is 12.0 Å². The van der Waals surface area contributed by atoms with Crippen LogP contribution >= 0.6 is 11.8 Å². The summed E-state index contributed by atoms with van der Waals surface area (Å²) < 4.78 is 27.1. The van der Waals surface area contributed by atoms with Gasteiger partial charge in [-0.1, -0.05) is 0 Å². The molecule has 1 aliphatic carbocycles. The minimum atomic E-state index is -3.41. The normalized spacial score (nSPS) is 17.3.